The first-order valence-electron chi connectivity index (χ1n) is 17.1. The highest BCUT2D eigenvalue weighted by atomic mass is 16.5. The maximum absolute atomic E-state index is 12.9. The van der Waals surface area contributed by atoms with Crippen molar-refractivity contribution in [3.05, 3.63) is 36.0 Å². The van der Waals surface area contributed by atoms with Crippen LogP contribution in [0.3, 0.4) is 0 Å². The molecule has 0 aliphatic carbocycles. The zero-order valence-electron chi connectivity index (χ0n) is 28.8. The Hall–Kier alpha value is -3.46. The zero-order chi connectivity index (χ0) is 35.0. The number of carbonyl (C=O) groups is 4. The molecule has 2 radical (unpaired) electrons. The molecule has 1 aromatic carbocycles. The highest BCUT2D eigenvalue weighted by molar-refractivity contribution is 6.08. The summed E-state index contributed by atoms with van der Waals surface area (Å²) in [5.74, 6) is -1.83. The number of carboxylic acids is 1. The number of aromatic nitrogens is 1. The number of hydrogen-bond donors (Lipinski definition) is 5. The monoisotopic (exact) mass is 670 g/mol. The lowest BCUT2D eigenvalue weighted by atomic mass is 9.98. The fourth-order valence-electron chi connectivity index (χ4n) is 5.18. The second-order valence-corrected chi connectivity index (χ2v) is 11.8. The van der Waals surface area contributed by atoms with Gasteiger partial charge in [0.1, 0.15) is 6.04 Å². The van der Waals surface area contributed by atoms with Gasteiger partial charge in [-0.25, -0.2) is 5.01 Å². The third-order valence-electron chi connectivity index (χ3n) is 7.88. The van der Waals surface area contributed by atoms with E-state index in [0.29, 0.717) is 45.9 Å². The number of nitrogens with zero attached hydrogens (tertiary/aromatic N) is 2. The molecule has 14 heteroatoms. The zero-order valence-corrected chi connectivity index (χ0v) is 28.8. The number of rotatable bonds is 28. The molecule has 1 atom stereocenters. The summed E-state index contributed by atoms with van der Waals surface area (Å²) in [5, 5.41) is 20.5. The molecule has 1 aromatic heterocycles. The van der Waals surface area contributed by atoms with Crippen LogP contribution in [-0.2, 0) is 41.7 Å². The lowest BCUT2D eigenvalue weighted by Gasteiger charge is -2.19. The van der Waals surface area contributed by atoms with Crippen molar-refractivity contribution in [3.8, 4) is 0 Å². The van der Waals surface area contributed by atoms with Crippen molar-refractivity contribution in [2.75, 3.05) is 53.6 Å². The molecule has 0 aliphatic rings. The van der Waals surface area contributed by atoms with Gasteiger partial charge in [0.15, 0.2) is 0 Å². The maximum Gasteiger partial charge on any atom is 0.303 e. The summed E-state index contributed by atoms with van der Waals surface area (Å²) < 4.78 is 13.1. The summed E-state index contributed by atoms with van der Waals surface area (Å²) in [6.45, 7) is 2.91. The predicted molar refractivity (Wildman–Crippen MR) is 186 cm³/mol. The third kappa shape index (κ3) is 17.1. The molecule has 13 nitrogen and oxygen atoms in total. The van der Waals surface area contributed by atoms with Crippen molar-refractivity contribution in [2.24, 2.45) is 0 Å². The van der Waals surface area contributed by atoms with Crippen LogP contribution in [0, 0.1) is 0 Å². The summed E-state index contributed by atoms with van der Waals surface area (Å²) in [4.78, 5) is 48.9. The smallest absolute Gasteiger partial charge is 0.303 e. The highest BCUT2D eigenvalue weighted by Crippen LogP contribution is 2.21. The topological polar surface area (TPSA) is 163 Å². The van der Waals surface area contributed by atoms with Crippen LogP contribution in [0.15, 0.2) is 30.3 Å². The van der Waals surface area contributed by atoms with Crippen molar-refractivity contribution < 1.29 is 33.8 Å². The van der Waals surface area contributed by atoms with Crippen molar-refractivity contribution >= 4 is 42.4 Å². The Kier molecular flexibility index (Phi) is 20.9. The molecular weight excluding hydrogens is 615 g/mol. The number of unbranched alkanes of at least 4 members (excludes halogenated alkanes) is 5. The summed E-state index contributed by atoms with van der Waals surface area (Å²) in [6.07, 6.45) is 7.53. The van der Waals surface area contributed by atoms with Gasteiger partial charge in [-0.3, -0.25) is 24.6 Å². The number of ether oxygens (including phenoxy) is 2. The van der Waals surface area contributed by atoms with Gasteiger partial charge >= 0.3 is 5.97 Å². The van der Waals surface area contributed by atoms with Crippen LogP contribution in [-0.4, -0.2) is 106 Å². The van der Waals surface area contributed by atoms with E-state index in [4.69, 9.17) is 22.4 Å². The average molecular weight is 671 g/mol. The van der Waals surface area contributed by atoms with Gasteiger partial charge in [-0.2, -0.15) is 0 Å². The Labute approximate surface area is 286 Å². The molecule has 0 unspecified atom stereocenters. The summed E-state index contributed by atoms with van der Waals surface area (Å²) >= 11 is 0. The molecule has 0 saturated heterocycles. The van der Waals surface area contributed by atoms with Gasteiger partial charge < -0.3 is 35.1 Å². The van der Waals surface area contributed by atoms with Gasteiger partial charge in [0.2, 0.25) is 17.7 Å². The number of fused-ring (bicyclic) bond motifs is 1. The fourth-order valence-corrected chi connectivity index (χ4v) is 5.18. The molecule has 3 amide bonds. The molecule has 266 valence electrons. The Balaban J connectivity index is 1.65. The highest BCUT2D eigenvalue weighted by Gasteiger charge is 2.22. The number of aliphatic carboxylic acids is 1. The molecule has 0 fully saturated rings. The second kappa shape index (κ2) is 24.7. The Morgan fingerprint density at radius 2 is 1.54 bits per heavy atom. The molecule has 0 spiro atoms. The van der Waals surface area contributed by atoms with Gasteiger partial charge in [0, 0.05) is 57.2 Å². The number of benzene rings is 1. The van der Waals surface area contributed by atoms with Crippen LogP contribution in [0.2, 0.25) is 6.32 Å². The number of nitrogens with one attached hydrogen (secondary N) is 4. The van der Waals surface area contributed by atoms with E-state index in [-0.39, 0.29) is 44.2 Å². The maximum atomic E-state index is 12.9. The minimum Gasteiger partial charge on any atom is -0.481 e. The molecular formula is C34H55BN6O7. The van der Waals surface area contributed by atoms with Crippen LogP contribution in [0.5, 0.6) is 0 Å². The number of amides is 3. The number of para-hydroxylation sites is 1. The second-order valence-electron chi connectivity index (χ2n) is 11.8. The number of hydrazine groups is 1. The standard InChI is InChI=1S/C34H55BN6O7/c1-36-40(2)26-28-25-27-11-8-9-12-30(27)41(28)20-16-32(43)39-29(14-15-33(44)45)34(46)38-19-22-48-24-23-47-21-18-37-31(42)13-7-5-3-4-6-10-17-35/h8-9,11-12,25,29,36H,3-7,10,13-24,26H2,1-2H3,(H,37,42)(H,38,46)(H,39,43)(H,44,45)/t29-/m0/s1. The van der Waals surface area contributed by atoms with E-state index in [1.165, 1.54) is 0 Å². The predicted octanol–water partition coefficient (Wildman–Crippen LogP) is 2.53. The Morgan fingerprint density at radius 1 is 0.875 bits per heavy atom. The van der Waals surface area contributed by atoms with Gasteiger partial charge in [-0.05, 0) is 37.4 Å². The van der Waals surface area contributed by atoms with Gasteiger partial charge in [-0.15, -0.1) is 0 Å². The number of aryl methyl sites for hydroxylation is 1. The SMILES string of the molecule is [B]CCCCCCCCC(=O)NCCOCCOCCNC(=O)[C@H](CCC(=O)O)NC(=O)CCn1c(CN(C)NC)cc2ccccc21. The van der Waals surface area contributed by atoms with Gasteiger partial charge in [-0.1, -0.05) is 56.6 Å². The van der Waals surface area contributed by atoms with Crippen molar-refractivity contribution in [3.63, 3.8) is 0 Å². The normalized spacial score (nSPS) is 11.9. The van der Waals surface area contributed by atoms with E-state index in [0.717, 1.165) is 61.4 Å². The Bertz CT molecular complexity index is 1240. The molecule has 0 aliphatic heterocycles. The van der Waals surface area contributed by atoms with Gasteiger partial charge in [0.25, 0.3) is 0 Å². The first kappa shape index (κ1) is 40.7. The lowest BCUT2D eigenvalue weighted by molar-refractivity contribution is -0.138. The largest absolute Gasteiger partial charge is 0.481 e. The molecule has 0 saturated carbocycles. The minimum atomic E-state index is -1.05. The molecule has 0 bridgehead atoms. The Morgan fingerprint density at radius 3 is 2.23 bits per heavy atom. The van der Waals surface area contributed by atoms with Crippen molar-refractivity contribution in [2.45, 2.75) is 89.7 Å². The molecule has 1 heterocycles. The first-order chi connectivity index (χ1) is 23.2. The number of carbonyl (C=O) groups excluding carboxylic acids is 3. The molecule has 2 rings (SSSR count). The summed E-state index contributed by atoms with van der Waals surface area (Å²) in [7, 11) is 9.26. The van der Waals surface area contributed by atoms with E-state index in [9.17, 15) is 19.2 Å². The minimum absolute atomic E-state index is 0.0297. The van der Waals surface area contributed by atoms with Crippen LogP contribution in [0.4, 0.5) is 0 Å². The van der Waals surface area contributed by atoms with Gasteiger partial charge in [0.05, 0.1) is 40.8 Å². The van der Waals surface area contributed by atoms with Crippen molar-refractivity contribution in [1.29, 1.82) is 0 Å². The summed E-state index contributed by atoms with van der Waals surface area (Å²) in [5.41, 5.74) is 5.12. The third-order valence-corrected chi connectivity index (χ3v) is 7.88. The van der Waals surface area contributed by atoms with Crippen LogP contribution in [0.25, 0.3) is 10.9 Å². The molecule has 5 N–H and O–H groups in total. The summed E-state index contributed by atoms with van der Waals surface area (Å²) in [6, 6.07) is 9.06. The fraction of sp³-hybridized carbons (Fsp3) is 0.647. The average Bonchev–Trinajstić information content (AvgIpc) is 3.42. The molecule has 48 heavy (non-hydrogen) atoms. The number of carboxylic acid groups (broad SMARTS) is 1. The quantitative estimate of drug-likeness (QED) is 0.0520. The first-order valence-corrected chi connectivity index (χ1v) is 17.1. The van der Waals surface area contributed by atoms with E-state index in [1.54, 1.807) is 0 Å². The molecule has 2 aromatic rings. The van der Waals surface area contributed by atoms with E-state index < -0.39 is 17.9 Å². The van der Waals surface area contributed by atoms with E-state index in [1.807, 2.05) is 43.4 Å². The lowest BCUT2D eigenvalue weighted by Crippen LogP contribution is -2.47. The van der Waals surface area contributed by atoms with Crippen LogP contribution >= 0.6 is 0 Å². The van der Waals surface area contributed by atoms with Crippen LogP contribution < -0.4 is 21.4 Å². The van der Waals surface area contributed by atoms with Crippen molar-refractivity contribution in [1.82, 2.24) is 31.0 Å². The van der Waals surface area contributed by atoms with E-state index >= 15 is 0 Å². The van der Waals surface area contributed by atoms with Crippen LogP contribution in [0.1, 0.15) is 69.9 Å². The number of hydrogen-bond acceptors (Lipinski definition) is 8. The van der Waals surface area contributed by atoms with E-state index in [2.05, 4.69) is 32.0 Å².